The van der Waals surface area contributed by atoms with Gasteiger partial charge in [0.2, 0.25) is 11.6 Å². The Labute approximate surface area is 127 Å². The van der Waals surface area contributed by atoms with Gasteiger partial charge in [0.05, 0.1) is 28.9 Å². The molecule has 1 aromatic carbocycles. The number of para-hydroxylation sites is 1. The van der Waals surface area contributed by atoms with E-state index in [0.29, 0.717) is 4.47 Å². The van der Waals surface area contributed by atoms with Gasteiger partial charge < -0.3 is 9.47 Å². The third kappa shape index (κ3) is 3.31. The number of ether oxygens (including phenoxy) is 2. The van der Waals surface area contributed by atoms with Crippen LogP contribution in [0.2, 0.25) is 0 Å². The van der Waals surface area contributed by atoms with Crippen LogP contribution in [0.5, 0.6) is 11.6 Å². The summed E-state index contributed by atoms with van der Waals surface area (Å²) in [7, 11) is 1.20. The van der Waals surface area contributed by atoms with Gasteiger partial charge in [-0.05, 0) is 22.0 Å². The van der Waals surface area contributed by atoms with E-state index in [2.05, 4.69) is 30.6 Å². The number of rotatable bonds is 4. The molecule has 9 heteroatoms. The van der Waals surface area contributed by atoms with Crippen molar-refractivity contribution in [3.8, 4) is 11.6 Å². The lowest BCUT2D eigenvalue weighted by atomic mass is 10.3. The maximum Gasteiger partial charge on any atom is 0.358 e. The van der Waals surface area contributed by atoms with Crippen LogP contribution in [0, 0.1) is 10.1 Å². The van der Waals surface area contributed by atoms with Gasteiger partial charge in [-0.2, -0.15) is 0 Å². The summed E-state index contributed by atoms with van der Waals surface area (Å²) >= 11 is 3.16. The van der Waals surface area contributed by atoms with Crippen molar-refractivity contribution < 1.29 is 19.2 Å². The minimum atomic E-state index is -0.686. The SMILES string of the molecule is COC(=O)c1cncc(Oc2c(Br)cccc2[N+](=O)[O-])n1. The van der Waals surface area contributed by atoms with Crippen molar-refractivity contribution >= 4 is 27.6 Å². The first-order valence-corrected chi connectivity index (χ1v) is 6.33. The predicted molar refractivity (Wildman–Crippen MR) is 74.2 cm³/mol. The van der Waals surface area contributed by atoms with Crippen molar-refractivity contribution in [1.82, 2.24) is 9.97 Å². The molecular formula is C12H8BrN3O5. The zero-order valence-corrected chi connectivity index (χ0v) is 12.2. The molecule has 0 aliphatic rings. The van der Waals surface area contributed by atoms with Crippen molar-refractivity contribution in [3.63, 3.8) is 0 Å². The highest BCUT2D eigenvalue weighted by Crippen LogP contribution is 2.37. The Kier molecular flexibility index (Phi) is 4.43. The average molecular weight is 354 g/mol. The number of benzene rings is 1. The number of hydrogen-bond acceptors (Lipinski definition) is 7. The molecule has 21 heavy (non-hydrogen) atoms. The molecule has 0 atom stereocenters. The highest BCUT2D eigenvalue weighted by atomic mass is 79.9. The molecule has 0 fully saturated rings. The van der Waals surface area contributed by atoms with E-state index in [9.17, 15) is 14.9 Å². The van der Waals surface area contributed by atoms with Crippen molar-refractivity contribution in [3.05, 3.63) is 50.9 Å². The van der Waals surface area contributed by atoms with Gasteiger partial charge in [-0.1, -0.05) is 6.07 Å². The molecule has 0 unspecified atom stereocenters. The molecule has 0 radical (unpaired) electrons. The van der Waals surface area contributed by atoms with Gasteiger partial charge in [0.15, 0.2) is 5.69 Å². The topological polar surface area (TPSA) is 104 Å². The number of methoxy groups -OCH3 is 1. The molecule has 0 amide bonds. The lowest BCUT2D eigenvalue weighted by Crippen LogP contribution is -2.06. The molecule has 0 saturated carbocycles. The molecule has 108 valence electrons. The zero-order chi connectivity index (χ0) is 15.4. The quantitative estimate of drug-likeness (QED) is 0.472. The second kappa shape index (κ2) is 6.27. The first kappa shape index (κ1) is 14.9. The summed E-state index contributed by atoms with van der Waals surface area (Å²) in [5.74, 6) is -0.777. The molecular weight excluding hydrogens is 346 g/mol. The molecule has 0 spiro atoms. The van der Waals surface area contributed by atoms with Crippen LogP contribution >= 0.6 is 15.9 Å². The maximum absolute atomic E-state index is 11.4. The van der Waals surface area contributed by atoms with E-state index in [1.807, 2.05) is 0 Å². The number of carbonyl (C=O) groups is 1. The number of aromatic nitrogens is 2. The molecule has 8 nitrogen and oxygen atoms in total. The van der Waals surface area contributed by atoms with Crippen LogP contribution in [0.4, 0.5) is 5.69 Å². The van der Waals surface area contributed by atoms with E-state index >= 15 is 0 Å². The van der Waals surface area contributed by atoms with Gasteiger partial charge in [-0.25, -0.2) is 9.78 Å². The molecule has 2 aromatic rings. The van der Waals surface area contributed by atoms with Gasteiger partial charge in [-0.3, -0.25) is 15.1 Å². The highest BCUT2D eigenvalue weighted by Gasteiger charge is 2.20. The number of nitrogens with zero attached hydrogens (tertiary/aromatic N) is 3. The van der Waals surface area contributed by atoms with Crippen LogP contribution < -0.4 is 4.74 Å². The maximum atomic E-state index is 11.4. The van der Waals surface area contributed by atoms with E-state index < -0.39 is 10.9 Å². The van der Waals surface area contributed by atoms with Crippen molar-refractivity contribution in [2.45, 2.75) is 0 Å². The minimum absolute atomic E-state index is 0.0289. The van der Waals surface area contributed by atoms with Gasteiger partial charge >= 0.3 is 11.7 Å². The van der Waals surface area contributed by atoms with Crippen LogP contribution in [0.25, 0.3) is 0 Å². The summed E-state index contributed by atoms with van der Waals surface area (Å²) in [5, 5.41) is 11.0. The van der Waals surface area contributed by atoms with Crippen LogP contribution in [0.15, 0.2) is 35.1 Å². The Hall–Kier alpha value is -2.55. The lowest BCUT2D eigenvalue weighted by Gasteiger charge is -2.07. The number of halogens is 1. The Morgan fingerprint density at radius 2 is 2.14 bits per heavy atom. The third-order valence-electron chi connectivity index (χ3n) is 2.36. The Morgan fingerprint density at radius 1 is 1.38 bits per heavy atom. The fraction of sp³-hybridized carbons (Fsp3) is 0.0833. The highest BCUT2D eigenvalue weighted by molar-refractivity contribution is 9.10. The monoisotopic (exact) mass is 353 g/mol. The summed E-state index contributed by atoms with van der Waals surface area (Å²) in [5.41, 5.74) is -0.306. The summed E-state index contributed by atoms with van der Waals surface area (Å²) in [6.45, 7) is 0. The molecule has 0 aliphatic heterocycles. The summed E-state index contributed by atoms with van der Waals surface area (Å²) in [6, 6.07) is 4.38. The van der Waals surface area contributed by atoms with Crippen molar-refractivity contribution in [1.29, 1.82) is 0 Å². The molecule has 0 aliphatic carbocycles. The molecule has 1 heterocycles. The number of nitro groups is 1. The summed E-state index contributed by atoms with van der Waals surface area (Å²) < 4.78 is 10.3. The summed E-state index contributed by atoms with van der Waals surface area (Å²) in [6.07, 6.45) is 2.43. The Morgan fingerprint density at radius 3 is 2.81 bits per heavy atom. The van der Waals surface area contributed by atoms with Gasteiger partial charge in [0, 0.05) is 6.07 Å². The third-order valence-corrected chi connectivity index (χ3v) is 2.98. The van der Waals surface area contributed by atoms with Gasteiger partial charge in [0.1, 0.15) is 0 Å². The zero-order valence-electron chi connectivity index (χ0n) is 10.6. The largest absolute Gasteiger partial charge is 0.464 e. The standard InChI is InChI=1S/C12H8BrN3O5/c1-20-12(17)8-5-14-6-10(15-8)21-11-7(13)3-2-4-9(11)16(18)19/h2-6H,1H3. The number of carbonyl (C=O) groups excluding carboxylic acids is 1. The van der Waals surface area contributed by atoms with Crippen LogP contribution in [0.3, 0.4) is 0 Å². The fourth-order valence-electron chi connectivity index (χ4n) is 1.45. The van der Waals surface area contributed by atoms with E-state index in [-0.39, 0.29) is 23.0 Å². The lowest BCUT2D eigenvalue weighted by molar-refractivity contribution is -0.385. The molecule has 0 saturated heterocycles. The summed E-state index contributed by atoms with van der Waals surface area (Å²) in [4.78, 5) is 29.4. The number of nitro benzene ring substituents is 1. The van der Waals surface area contributed by atoms with Crippen molar-refractivity contribution in [2.24, 2.45) is 0 Å². The van der Waals surface area contributed by atoms with Crippen LogP contribution in [0.1, 0.15) is 10.5 Å². The second-order valence-corrected chi connectivity index (χ2v) is 4.54. The first-order valence-electron chi connectivity index (χ1n) is 5.54. The number of esters is 1. The van der Waals surface area contributed by atoms with E-state index in [0.717, 1.165) is 0 Å². The Balaban J connectivity index is 2.39. The van der Waals surface area contributed by atoms with E-state index in [4.69, 9.17) is 4.74 Å². The first-order chi connectivity index (χ1) is 10.0. The minimum Gasteiger partial charge on any atom is -0.464 e. The molecule has 0 bridgehead atoms. The Bertz CT molecular complexity index is 707. The van der Waals surface area contributed by atoms with E-state index in [1.165, 1.54) is 31.6 Å². The number of hydrogen-bond donors (Lipinski definition) is 0. The molecule has 1 aromatic heterocycles. The van der Waals surface area contributed by atoms with Gasteiger partial charge in [0.25, 0.3) is 0 Å². The van der Waals surface area contributed by atoms with Crippen LogP contribution in [-0.2, 0) is 4.74 Å². The smallest absolute Gasteiger partial charge is 0.358 e. The van der Waals surface area contributed by atoms with E-state index in [1.54, 1.807) is 6.07 Å². The average Bonchev–Trinajstić information content (AvgIpc) is 2.48. The van der Waals surface area contributed by atoms with Crippen molar-refractivity contribution in [2.75, 3.05) is 7.11 Å². The van der Waals surface area contributed by atoms with Crippen LogP contribution in [-0.4, -0.2) is 28.0 Å². The fourth-order valence-corrected chi connectivity index (χ4v) is 1.88. The molecule has 2 rings (SSSR count). The van der Waals surface area contributed by atoms with Gasteiger partial charge in [-0.15, -0.1) is 0 Å². The predicted octanol–water partition coefficient (Wildman–Crippen LogP) is 2.73. The normalized spacial score (nSPS) is 10.0. The second-order valence-electron chi connectivity index (χ2n) is 3.68. The molecule has 0 N–H and O–H groups in total.